The molecule has 100 valence electrons. The van der Waals surface area contributed by atoms with Crippen LogP contribution >= 0.6 is 11.6 Å². The van der Waals surface area contributed by atoms with Gasteiger partial charge in [-0.1, -0.05) is 11.6 Å². The number of aromatic nitrogens is 2. The third-order valence-electron chi connectivity index (χ3n) is 2.55. The van der Waals surface area contributed by atoms with Gasteiger partial charge in [0.2, 0.25) is 0 Å². The number of nitrogens with one attached hydrogen (secondary N) is 1. The van der Waals surface area contributed by atoms with Gasteiger partial charge in [-0.2, -0.15) is 0 Å². The Morgan fingerprint density at radius 1 is 1.53 bits per heavy atom. The summed E-state index contributed by atoms with van der Waals surface area (Å²) in [6.07, 6.45) is 0. The third-order valence-corrected chi connectivity index (χ3v) is 2.85. The molecule has 0 saturated carbocycles. The summed E-state index contributed by atoms with van der Waals surface area (Å²) in [6, 6.07) is 4.32. The number of benzene rings is 1. The zero-order chi connectivity index (χ0) is 14.0. The molecule has 1 N–H and O–H groups in total. The fourth-order valence-corrected chi connectivity index (χ4v) is 1.76. The number of carbonyl (C=O) groups excluding carboxylic acids is 1. The first-order valence-corrected chi connectivity index (χ1v) is 6.10. The number of aryl methyl sites for hydroxylation is 1. The van der Waals surface area contributed by atoms with Gasteiger partial charge in [0.1, 0.15) is 11.6 Å². The van der Waals surface area contributed by atoms with Crippen molar-refractivity contribution in [3.63, 3.8) is 0 Å². The Labute approximate surface area is 114 Å². The van der Waals surface area contributed by atoms with Crippen LogP contribution in [0.5, 0.6) is 0 Å². The summed E-state index contributed by atoms with van der Waals surface area (Å²) in [6.45, 7) is 3.69. The van der Waals surface area contributed by atoms with Crippen LogP contribution in [0.4, 0.5) is 4.39 Å². The molecule has 0 bridgehead atoms. The number of nitrogens with zero attached hydrogens (tertiary/aromatic N) is 1. The summed E-state index contributed by atoms with van der Waals surface area (Å²) < 4.78 is 18.3. The first kappa shape index (κ1) is 13.5. The van der Waals surface area contributed by atoms with Crippen LogP contribution in [0.3, 0.4) is 0 Å². The van der Waals surface area contributed by atoms with E-state index >= 15 is 0 Å². The lowest BCUT2D eigenvalue weighted by Gasteiger charge is -1.99. The van der Waals surface area contributed by atoms with E-state index in [0.29, 0.717) is 17.1 Å². The Bertz CT molecular complexity index is 625. The highest BCUT2D eigenvalue weighted by atomic mass is 35.5. The molecule has 0 aliphatic carbocycles. The van der Waals surface area contributed by atoms with E-state index in [9.17, 15) is 9.18 Å². The third kappa shape index (κ3) is 2.76. The Balaban J connectivity index is 2.38. The van der Waals surface area contributed by atoms with Gasteiger partial charge in [0.05, 0.1) is 11.6 Å². The van der Waals surface area contributed by atoms with Crippen molar-refractivity contribution >= 4 is 17.6 Å². The van der Waals surface area contributed by atoms with Crippen LogP contribution in [0.25, 0.3) is 11.4 Å². The number of imidazole rings is 1. The molecule has 6 heteroatoms. The van der Waals surface area contributed by atoms with Crippen molar-refractivity contribution in [2.75, 3.05) is 6.61 Å². The Kier molecular flexibility index (Phi) is 3.85. The summed E-state index contributed by atoms with van der Waals surface area (Å²) in [5.41, 5.74) is 1.29. The summed E-state index contributed by atoms with van der Waals surface area (Å²) in [7, 11) is 0. The van der Waals surface area contributed by atoms with Gasteiger partial charge in [-0.05, 0) is 32.0 Å². The van der Waals surface area contributed by atoms with Crippen LogP contribution in [-0.4, -0.2) is 22.5 Å². The van der Waals surface area contributed by atoms with Gasteiger partial charge >= 0.3 is 5.97 Å². The number of carbonyl (C=O) groups is 1. The molecular weight excluding hydrogens is 271 g/mol. The molecule has 0 fully saturated rings. The Morgan fingerprint density at radius 2 is 2.26 bits per heavy atom. The number of halogens is 2. The highest BCUT2D eigenvalue weighted by Gasteiger charge is 2.17. The van der Waals surface area contributed by atoms with Crippen LogP contribution in [-0.2, 0) is 4.74 Å². The van der Waals surface area contributed by atoms with Crippen molar-refractivity contribution < 1.29 is 13.9 Å². The monoisotopic (exact) mass is 282 g/mol. The van der Waals surface area contributed by atoms with Crippen molar-refractivity contribution in [3.8, 4) is 11.4 Å². The van der Waals surface area contributed by atoms with Gasteiger partial charge in [0, 0.05) is 11.3 Å². The van der Waals surface area contributed by atoms with Crippen LogP contribution in [0, 0.1) is 12.7 Å². The van der Waals surface area contributed by atoms with Crippen molar-refractivity contribution in [3.05, 3.63) is 40.4 Å². The fraction of sp³-hybridized carbons (Fsp3) is 0.231. The van der Waals surface area contributed by atoms with Crippen LogP contribution in [0.2, 0.25) is 5.02 Å². The lowest BCUT2D eigenvalue weighted by molar-refractivity contribution is 0.0519. The number of H-pyrrole nitrogens is 1. The Morgan fingerprint density at radius 3 is 2.89 bits per heavy atom. The average molecular weight is 283 g/mol. The number of aromatic amines is 1. The van der Waals surface area contributed by atoms with Gasteiger partial charge < -0.3 is 9.72 Å². The molecule has 0 spiro atoms. The lowest BCUT2D eigenvalue weighted by Crippen LogP contribution is -2.06. The molecule has 1 aromatic heterocycles. The topological polar surface area (TPSA) is 55.0 Å². The highest BCUT2D eigenvalue weighted by Crippen LogP contribution is 2.23. The van der Waals surface area contributed by atoms with Gasteiger partial charge in [-0.15, -0.1) is 0 Å². The second kappa shape index (κ2) is 5.40. The van der Waals surface area contributed by atoms with E-state index in [2.05, 4.69) is 9.97 Å². The van der Waals surface area contributed by atoms with Crippen molar-refractivity contribution in [1.82, 2.24) is 9.97 Å². The SMILES string of the molecule is CCOC(=O)c1nc(-c2ccc(Cl)c(F)c2)[nH]c1C. The lowest BCUT2D eigenvalue weighted by atomic mass is 10.2. The van der Waals surface area contributed by atoms with Crippen LogP contribution in [0.1, 0.15) is 23.1 Å². The number of rotatable bonds is 3. The molecule has 19 heavy (non-hydrogen) atoms. The molecule has 2 rings (SSSR count). The van der Waals surface area contributed by atoms with E-state index in [1.165, 1.54) is 12.1 Å². The largest absolute Gasteiger partial charge is 0.461 e. The minimum absolute atomic E-state index is 0.0395. The Hall–Kier alpha value is -1.88. The number of esters is 1. The summed E-state index contributed by atoms with van der Waals surface area (Å²) in [4.78, 5) is 18.7. The first-order chi connectivity index (χ1) is 9.02. The molecule has 1 heterocycles. The minimum Gasteiger partial charge on any atom is -0.461 e. The molecule has 0 atom stereocenters. The molecule has 0 unspecified atom stereocenters. The summed E-state index contributed by atoms with van der Waals surface area (Å²) >= 11 is 5.62. The molecule has 0 radical (unpaired) electrons. The maximum absolute atomic E-state index is 13.4. The predicted octanol–water partition coefficient (Wildman–Crippen LogP) is 3.35. The molecule has 0 amide bonds. The van der Waals surface area contributed by atoms with E-state index in [1.807, 2.05) is 0 Å². The molecule has 0 saturated heterocycles. The van der Waals surface area contributed by atoms with E-state index in [-0.39, 0.29) is 17.3 Å². The van der Waals surface area contributed by atoms with E-state index in [4.69, 9.17) is 16.3 Å². The summed E-state index contributed by atoms with van der Waals surface area (Å²) in [5, 5.41) is 0.0395. The number of hydrogen-bond donors (Lipinski definition) is 1. The van der Waals surface area contributed by atoms with Crippen LogP contribution in [0.15, 0.2) is 18.2 Å². The second-order valence-corrected chi connectivity index (χ2v) is 4.32. The van der Waals surface area contributed by atoms with E-state index in [1.54, 1.807) is 19.9 Å². The zero-order valence-corrected chi connectivity index (χ0v) is 11.2. The number of ether oxygens (including phenoxy) is 1. The van der Waals surface area contributed by atoms with Gasteiger partial charge in [-0.25, -0.2) is 14.2 Å². The normalized spacial score (nSPS) is 10.5. The van der Waals surface area contributed by atoms with Crippen molar-refractivity contribution in [2.45, 2.75) is 13.8 Å². The fourth-order valence-electron chi connectivity index (χ4n) is 1.64. The highest BCUT2D eigenvalue weighted by molar-refractivity contribution is 6.30. The zero-order valence-electron chi connectivity index (χ0n) is 10.5. The molecule has 1 aromatic carbocycles. The van der Waals surface area contributed by atoms with Gasteiger partial charge in [-0.3, -0.25) is 0 Å². The standard InChI is InChI=1S/C13H12ClFN2O2/c1-3-19-13(18)11-7(2)16-12(17-11)8-4-5-9(14)10(15)6-8/h4-6H,3H2,1-2H3,(H,16,17). The van der Waals surface area contributed by atoms with Gasteiger partial charge in [0.15, 0.2) is 5.69 Å². The molecule has 2 aromatic rings. The van der Waals surface area contributed by atoms with E-state index < -0.39 is 11.8 Å². The predicted molar refractivity (Wildman–Crippen MR) is 69.7 cm³/mol. The average Bonchev–Trinajstić information content (AvgIpc) is 2.75. The van der Waals surface area contributed by atoms with Crippen LogP contribution < -0.4 is 0 Å². The van der Waals surface area contributed by atoms with Gasteiger partial charge in [0.25, 0.3) is 0 Å². The summed E-state index contributed by atoms with van der Waals surface area (Å²) in [5.74, 6) is -0.640. The van der Waals surface area contributed by atoms with E-state index in [0.717, 1.165) is 0 Å². The second-order valence-electron chi connectivity index (χ2n) is 3.91. The molecule has 4 nitrogen and oxygen atoms in total. The molecule has 0 aliphatic heterocycles. The molecule has 0 aliphatic rings. The number of hydrogen-bond acceptors (Lipinski definition) is 3. The first-order valence-electron chi connectivity index (χ1n) is 5.72. The smallest absolute Gasteiger partial charge is 0.358 e. The minimum atomic E-state index is -0.536. The van der Waals surface area contributed by atoms with Crippen molar-refractivity contribution in [1.29, 1.82) is 0 Å². The quantitative estimate of drug-likeness (QED) is 0.878. The maximum atomic E-state index is 13.4. The van der Waals surface area contributed by atoms with Crippen molar-refractivity contribution in [2.24, 2.45) is 0 Å². The maximum Gasteiger partial charge on any atom is 0.358 e. The molecular formula is C13H12ClFN2O2.